The van der Waals surface area contributed by atoms with Gasteiger partial charge in [0, 0.05) is 5.54 Å². The van der Waals surface area contributed by atoms with Crippen LogP contribution in [-0.4, -0.2) is 46.4 Å². The van der Waals surface area contributed by atoms with E-state index in [2.05, 4.69) is 22.9 Å². The first-order valence-corrected chi connectivity index (χ1v) is 11.7. The van der Waals surface area contributed by atoms with Crippen molar-refractivity contribution in [2.24, 2.45) is 5.41 Å². The van der Waals surface area contributed by atoms with E-state index in [4.69, 9.17) is 4.74 Å². The lowest BCUT2D eigenvalue weighted by Crippen LogP contribution is -2.66. The molecule has 0 aromatic rings. The van der Waals surface area contributed by atoms with Gasteiger partial charge in [-0.25, -0.2) is 4.79 Å². The van der Waals surface area contributed by atoms with Gasteiger partial charge in [-0.1, -0.05) is 19.8 Å². The van der Waals surface area contributed by atoms with E-state index in [0.717, 1.165) is 32.1 Å². The molecule has 182 valence electrons. The molecule has 2 fully saturated rings. The fourth-order valence-corrected chi connectivity index (χ4v) is 4.46. The summed E-state index contributed by atoms with van der Waals surface area (Å²) in [6.07, 6.45) is 5.48. The molecule has 2 rings (SSSR count). The van der Waals surface area contributed by atoms with Crippen molar-refractivity contribution in [3.63, 3.8) is 0 Å². The molecule has 0 bridgehead atoms. The molecule has 0 radical (unpaired) electrons. The molecule has 3 N–H and O–H groups in total. The number of Topliss-reactive ketones (excluding diaryl/α,β-unsaturated/α-hetero) is 1. The Balaban J connectivity index is 2.17. The molecule has 0 spiro atoms. The average Bonchev–Trinajstić information content (AvgIpc) is 2.99. The van der Waals surface area contributed by atoms with Gasteiger partial charge in [-0.05, 0) is 85.5 Å². The van der Waals surface area contributed by atoms with Gasteiger partial charge in [0.25, 0.3) is 5.91 Å². The molecule has 0 heterocycles. The van der Waals surface area contributed by atoms with Crippen LogP contribution in [0.15, 0.2) is 0 Å². The molecule has 0 aromatic carbocycles. The molecule has 32 heavy (non-hydrogen) atoms. The number of ketones is 1. The summed E-state index contributed by atoms with van der Waals surface area (Å²) < 4.78 is 5.37. The highest BCUT2D eigenvalue weighted by Gasteiger charge is 2.50. The summed E-state index contributed by atoms with van der Waals surface area (Å²) in [5.41, 5.74) is -2.54. The van der Waals surface area contributed by atoms with Crippen LogP contribution >= 0.6 is 0 Å². The zero-order valence-corrected chi connectivity index (χ0v) is 20.8. The van der Waals surface area contributed by atoms with Gasteiger partial charge in [-0.15, -0.1) is 0 Å². The highest BCUT2D eigenvalue weighted by Crippen LogP contribution is 2.41. The number of nitrogens with one attached hydrogen (secondary N) is 3. The molecular weight excluding hydrogens is 410 g/mol. The first-order chi connectivity index (χ1) is 14.5. The standard InChI is InChI=1S/C24H41N3O5/c1-21(2,3)26-19(30)17(28)24(13-10-14-24)27-18(29)16(15-23(7)11-8-9-12-23)25-20(31)32-22(4,5)6/h16H,8-15H2,1-7H3,(H,25,31)(H,26,30)(H,27,29)/t16-/m0/s1. The van der Waals surface area contributed by atoms with Crippen molar-refractivity contribution in [2.45, 2.75) is 123 Å². The minimum Gasteiger partial charge on any atom is -0.444 e. The van der Waals surface area contributed by atoms with Crippen LogP contribution in [0.25, 0.3) is 0 Å². The van der Waals surface area contributed by atoms with Crippen LogP contribution in [0.1, 0.15) is 99.8 Å². The second-order valence-electron chi connectivity index (χ2n) is 11.9. The molecular formula is C24H41N3O5. The number of amides is 3. The Morgan fingerprint density at radius 1 is 0.906 bits per heavy atom. The summed E-state index contributed by atoms with van der Waals surface area (Å²) in [5, 5.41) is 8.24. The number of carbonyl (C=O) groups is 4. The van der Waals surface area contributed by atoms with Gasteiger partial charge in [0.15, 0.2) is 0 Å². The summed E-state index contributed by atoms with van der Waals surface area (Å²) in [6, 6.07) is -0.844. The second kappa shape index (κ2) is 9.40. The second-order valence-corrected chi connectivity index (χ2v) is 11.9. The molecule has 0 aromatic heterocycles. The average molecular weight is 452 g/mol. The van der Waals surface area contributed by atoms with E-state index in [1.165, 1.54) is 0 Å². The predicted octanol–water partition coefficient (Wildman–Crippen LogP) is 3.37. The summed E-state index contributed by atoms with van der Waals surface area (Å²) in [6.45, 7) is 12.8. The maximum atomic E-state index is 13.3. The van der Waals surface area contributed by atoms with Crippen molar-refractivity contribution in [1.82, 2.24) is 16.0 Å². The molecule has 2 aliphatic carbocycles. The monoisotopic (exact) mass is 451 g/mol. The maximum absolute atomic E-state index is 13.3. The molecule has 8 heteroatoms. The zero-order valence-electron chi connectivity index (χ0n) is 20.8. The third-order valence-corrected chi connectivity index (χ3v) is 6.21. The fraction of sp³-hybridized carbons (Fsp3) is 0.833. The Kier molecular flexibility index (Phi) is 7.67. The van der Waals surface area contributed by atoms with Crippen LogP contribution in [0.5, 0.6) is 0 Å². The summed E-state index contributed by atoms with van der Waals surface area (Å²) >= 11 is 0. The van der Waals surface area contributed by atoms with E-state index in [9.17, 15) is 19.2 Å². The SMILES string of the molecule is CC1(C[C@H](NC(=O)OC(C)(C)C)C(=O)NC2(C(=O)C(=O)NC(C)(C)C)CCC2)CCCC1. The first-order valence-electron chi connectivity index (χ1n) is 11.7. The third kappa shape index (κ3) is 7.20. The Morgan fingerprint density at radius 2 is 1.47 bits per heavy atom. The van der Waals surface area contributed by atoms with E-state index >= 15 is 0 Å². The lowest BCUT2D eigenvalue weighted by atomic mass is 9.72. The largest absolute Gasteiger partial charge is 0.444 e. The van der Waals surface area contributed by atoms with E-state index in [1.54, 1.807) is 41.5 Å². The number of alkyl carbamates (subject to hydrolysis) is 1. The van der Waals surface area contributed by atoms with E-state index in [0.29, 0.717) is 19.3 Å². The van der Waals surface area contributed by atoms with Gasteiger partial charge in [-0.3, -0.25) is 14.4 Å². The van der Waals surface area contributed by atoms with Crippen LogP contribution < -0.4 is 16.0 Å². The highest BCUT2D eigenvalue weighted by atomic mass is 16.6. The highest BCUT2D eigenvalue weighted by molar-refractivity contribution is 6.40. The van der Waals surface area contributed by atoms with Crippen LogP contribution in [-0.2, 0) is 19.1 Å². The zero-order chi connectivity index (χ0) is 24.4. The molecule has 2 saturated carbocycles. The van der Waals surface area contributed by atoms with E-state index in [-0.39, 0.29) is 5.41 Å². The van der Waals surface area contributed by atoms with E-state index < -0.39 is 46.4 Å². The van der Waals surface area contributed by atoms with Crippen molar-refractivity contribution < 1.29 is 23.9 Å². The number of rotatable bonds is 7. The van der Waals surface area contributed by atoms with Gasteiger partial charge < -0.3 is 20.7 Å². The van der Waals surface area contributed by atoms with Gasteiger partial charge in [0.2, 0.25) is 11.7 Å². The van der Waals surface area contributed by atoms with Crippen LogP contribution in [0, 0.1) is 5.41 Å². The summed E-state index contributed by atoms with van der Waals surface area (Å²) in [7, 11) is 0. The van der Waals surface area contributed by atoms with Crippen LogP contribution in [0.3, 0.4) is 0 Å². The molecule has 1 atom stereocenters. The molecule has 0 saturated heterocycles. The fourth-order valence-electron chi connectivity index (χ4n) is 4.46. The Bertz CT molecular complexity index is 738. The van der Waals surface area contributed by atoms with E-state index in [1.807, 2.05) is 0 Å². The lowest BCUT2D eigenvalue weighted by Gasteiger charge is -2.42. The van der Waals surface area contributed by atoms with Crippen LogP contribution in [0.2, 0.25) is 0 Å². The predicted molar refractivity (Wildman–Crippen MR) is 122 cm³/mol. The summed E-state index contributed by atoms with van der Waals surface area (Å²) in [4.78, 5) is 51.3. The number of hydrogen-bond donors (Lipinski definition) is 3. The minimum absolute atomic E-state index is 0.0720. The lowest BCUT2D eigenvalue weighted by molar-refractivity contribution is -0.147. The molecule has 0 unspecified atom stereocenters. The van der Waals surface area contributed by atoms with Gasteiger partial charge in [-0.2, -0.15) is 0 Å². The van der Waals surface area contributed by atoms with Crippen LogP contribution in [0.4, 0.5) is 4.79 Å². The first kappa shape index (κ1) is 26.1. The van der Waals surface area contributed by atoms with Crippen molar-refractivity contribution in [2.75, 3.05) is 0 Å². The molecule has 0 aliphatic heterocycles. The van der Waals surface area contributed by atoms with Crippen molar-refractivity contribution in [3.05, 3.63) is 0 Å². The number of ether oxygens (including phenoxy) is 1. The quantitative estimate of drug-likeness (QED) is 0.514. The maximum Gasteiger partial charge on any atom is 0.408 e. The summed E-state index contributed by atoms with van der Waals surface area (Å²) in [5.74, 6) is -1.77. The smallest absolute Gasteiger partial charge is 0.408 e. The Morgan fingerprint density at radius 3 is 1.91 bits per heavy atom. The Labute approximate surface area is 192 Å². The van der Waals surface area contributed by atoms with Gasteiger partial charge >= 0.3 is 6.09 Å². The topological polar surface area (TPSA) is 114 Å². The normalized spacial score (nSPS) is 20.5. The molecule has 2 aliphatic rings. The Hall–Kier alpha value is -2.12. The number of carbonyl (C=O) groups excluding carboxylic acids is 4. The molecule has 3 amide bonds. The molecule has 8 nitrogen and oxygen atoms in total. The van der Waals surface area contributed by atoms with Gasteiger partial charge in [0.05, 0.1) is 0 Å². The third-order valence-electron chi connectivity index (χ3n) is 6.21. The number of hydrogen-bond acceptors (Lipinski definition) is 5. The van der Waals surface area contributed by atoms with Crippen molar-refractivity contribution in [3.8, 4) is 0 Å². The van der Waals surface area contributed by atoms with Crippen molar-refractivity contribution in [1.29, 1.82) is 0 Å². The minimum atomic E-state index is -1.21. The van der Waals surface area contributed by atoms with Gasteiger partial charge in [0.1, 0.15) is 17.2 Å². The van der Waals surface area contributed by atoms with Crippen molar-refractivity contribution >= 4 is 23.7 Å².